The first-order valence-corrected chi connectivity index (χ1v) is 40.2. The minimum absolute atomic E-state index is 0.231. The van der Waals surface area contributed by atoms with Gasteiger partial charge >= 0.3 is 0 Å². The highest BCUT2D eigenvalue weighted by Gasteiger charge is 2.51. The molecule has 12 atom stereocenters. The number of aliphatic hydroxyl groups is 8. The van der Waals surface area contributed by atoms with Crippen molar-refractivity contribution in [3.05, 3.63) is 36.5 Å². The Bertz CT molecular complexity index is 1720. The smallest absolute Gasteiger partial charge is 0.220 e. The van der Waals surface area contributed by atoms with Gasteiger partial charge in [0.05, 0.1) is 32.0 Å². The third-order valence-corrected chi connectivity index (χ3v) is 19.8. The van der Waals surface area contributed by atoms with Gasteiger partial charge in [0.15, 0.2) is 12.6 Å². The molecule has 2 heterocycles. The number of rotatable bonds is 68. The van der Waals surface area contributed by atoms with Crippen molar-refractivity contribution >= 4 is 5.91 Å². The van der Waals surface area contributed by atoms with Crippen LogP contribution < -0.4 is 5.32 Å². The second-order valence-corrected chi connectivity index (χ2v) is 28.5. The van der Waals surface area contributed by atoms with Gasteiger partial charge in [0.25, 0.3) is 0 Å². The number of nitrogens with one attached hydrogen (secondary N) is 1. The van der Waals surface area contributed by atoms with Crippen molar-refractivity contribution in [3.8, 4) is 0 Å². The van der Waals surface area contributed by atoms with E-state index in [0.717, 1.165) is 44.9 Å². The molecule has 2 aliphatic rings. The lowest BCUT2D eigenvalue weighted by atomic mass is 9.97. The van der Waals surface area contributed by atoms with Crippen LogP contribution in [-0.2, 0) is 23.7 Å². The van der Waals surface area contributed by atoms with Crippen molar-refractivity contribution in [3.63, 3.8) is 0 Å². The minimum atomic E-state index is -1.79. The molecule has 94 heavy (non-hydrogen) atoms. The van der Waals surface area contributed by atoms with Gasteiger partial charge in [-0.1, -0.05) is 352 Å². The van der Waals surface area contributed by atoms with E-state index in [0.29, 0.717) is 6.42 Å². The molecule has 0 aromatic carbocycles. The van der Waals surface area contributed by atoms with Crippen molar-refractivity contribution < 1.29 is 64.6 Å². The van der Waals surface area contributed by atoms with Gasteiger partial charge in [0, 0.05) is 6.42 Å². The fraction of sp³-hybridized carbons (Fsp3) is 0.912. The Morgan fingerprint density at radius 3 is 1.06 bits per heavy atom. The Labute approximate surface area is 576 Å². The molecule has 2 aliphatic heterocycles. The van der Waals surface area contributed by atoms with Crippen LogP contribution in [0, 0.1) is 0 Å². The first-order chi connectivity index (χ1) is 46.1. The highest BCUT2D eigenvalue weighted by Crippen LogP contribution is 2.30. The molecule has 2 fully saturated rings. The van der Waals surface area contributed by atoms with E-state index in [1.807, 2.05) is 6.08 Å². The standard InChI is InChI=1S/C80H151NO13/c1-3-5-7-9-11-13-15-17-19-21-23-25-27-28-29-30-31-32-33-34-35-36-37-38-39-40-42-44-46-48-50-52-54-56-58-60-62-64-72(85)81-68(67-91-79-77(90)75(88)78(71(66-83)93-79)94-80-76(89)74(87)73(86)70(65-82)92-80)69(84)63-61-59-57-55-53-51-49-47-45-43-41-26-24-22-20-18-16-14-12-10-8-6-4-2/h15,17,21,23,61,63,68-71,73-80,82-84,86-90H,3-14,16,18-20,22,24-60,62,64-67H2,1-2H3,(H,81,85)/b17-15-,23-21-,63-61+. The van der Waals surface area contributed by atoms with E-state index in [2.05, 4.69) is 43.5 Å². The minimum Gasteiger partial charge on any atom is -0.394 e. The highest BCUT2D eigenvalue weighted by molar-refractivity contribution is 5.76. The summed E-state index contributed by atoms with van der Waals surface area (Å²) in [5.74, 6) is -0.231. The van der Waals surface area contributed by atoms with Crippen molar-refractivity contribution in [2.45, 2.75) is 447 Å². The second kappa shape index (κ2) is 64.6. The molecule has 0 bridgehead atoms. The molecule has 0 saturated carbocycles. The van der Waals surface area contributed by atoms with Crippen LogP contribution in [0.25, 0.3) is 0 Å². The molecule has 12 unspecified atom stereocenters. The molecule has 2 saturated heterocycles. The molecule has 554 valence electrons. The number of allylic oxidation sites excluding steroid dienone is 5. The van der Waals surface area contributed by atoms with Crippen molar-refractivity contribution in [2.75, 3.05) is 19.8 Å². The number of unbranched alkanes of at least 4 members (excludes halogenated alkanes) is 51. The number of hydrogen-bond donors (Lipinski definition) is 9. The van der Waals surface area contributed by atoms with Crippen LogP contribution in [-0.4, -0.2) is 140 Å². The summed E-state index contributed by atoms with van der Waals surface area (Å²) in [5.41, 5.74) is 0. The predicted octanol–water partition coefficient (Wildman–Crippen LogP) is 18.0. The molecule has 1 amide bonds. The lowest BCUT2D eigenvalue weighted by Gasteiger charge is -2.46. The molecule has 0 aromatic heterocycles. The van der Waals surface area contributed by atoms with Crippen LogP contribution in [0.1, 0.15) is 373 Å². The zero-order valence-corrected chi connectivity index (χ0v) is 60.7. The monoisotopic (exact) mass is 1330 g/mol. The Hall–Kier alpha value is -1.79. The molecular weight excluding hydrogens is 1180 g/mol. The van der Waals surface area contributed by atoms with Crippen molar-refractivity contribution in [1.82, 2.24) is 5.32 Å². The quantitative estimate of drug-likeness (QED) is 0.0204. The van der Waals surface area contributed by atoms with E-state index >= 15 is 0 Å². The van der Waals surface area contributed by atoms with Gasteiger partial charge in [-0.3, -0.25) is 4.79 Å². The number of aliphatic hydroxyl groups excluding tert-OH is 8. The largest absolute Gasteiger partial charge is 0.394 e. The maximum absolute atomic E-state index is 13.4. The molecule has 0 radical (unpaired) electrons. The fourth-order valence-electron chi connectivity index (χ4n) is 13.4. The van der Waals surface area contributed by atoms with Gasteiger partial charge in [-0.2, -0.15) is 0 Å². The number of ether oxygens (including phenoxy) is 4. The molecule has 14 nitrogen and oxygen atoms in total. The molecule has 9 N–H and O–H groups in total. The van der Waals surface area contributed by atoms with E-state index in [-0.39, 0.29) is 18.9 Å². The molecular formula is C80H151NO13. The maximum Gasteiger partial charge on any atom is 0.220 e. The van der Waals surface area contributed by atoms with Crippen LogP contribution in [0.4, 0.5) is 0 Å². The Morgan fingerprint density at radius 2 is 0.702 bits per heavy atom. The van der Waals surface area contributed by atoms with Crippen molar-refractivity contribution in [2.24, 2.45) is 0 Å². The SMILES string of the molecule is CCCCCCC/C=C\C/C=C\CCCCCCCCCCCCCCCCCCCCCCCCCCCC(=O)NC(COC1OC(CO)C(OC2OC(CO)C(O)C(O)C2O)C(O)C1O)C(O)/C=C/CCCCCCCCCCCCCCCCCCCCCCC. The summed E-state index contributed by atoms with van der Waals surface area (Å²) < 4.78 is 22.9. The van der Waals surface area contributed by atoms with Crippen molar-refractivity contribution in [1.29, 1.82) is 0 Å². The summed E-state index contributed by atoms with van der Waals surface area (Å²) >= 11 is 0. The predicted molar refractivity (Wildman–Crippen MR) is 388 cm³/mol. The Kier molecular flexibility index (Phi) is 60.7. The molecule has 0 spiro atoms. The highest BCUT2D eigenvalue weighted by atomic mass is 16.7. The Balaban J connectivity index is 1.59. The van der Waals surface area contributed by atoms with Crippen LogP contribution in [0.15, 0.2) is 36.5 Å². The van der Waals surface area contributed by atoms with E-state index in [1.54, 1.807) is 6.08 Å². The first-order valence-electron chi connectivity index (χ1n) is 40.2. The van der Waals surface area contributed by atoms with E-state index in [1.165, 1.54) is 302 Å². The lowest BCUT2D eigenvalue weighted by molar-refractivity contribution is -0.359. The number of carbonyl (C=O) groups is 1. The zero-order valence-electron chi connectivity index (χ0n) is 60.7. The van der Waals surface area contributed by atoms with E-state index in [9.17, 15) is 45.6 Å². The van der Waals surface area contributed by atoms with Gasteiger partial charge in [-0.15, -0.1) is 0 Å². The van der Waals surface area contributed by atoms with Gasteiger partial charge in [-0.05, 0) is 51.4 Å². The van der Waals surface area contributed by atoms with Gasteiger partial charge < -0.3 is 65.1 Å². The van der Waals surface area contributed by atoms with Crippen LogP contribution in [0.3, 0.4) is 0 Å². The lowest BCUT2D eigenvalue weighted by Crippen LogP contribution is -2.65. The van der Waals surface area contributed by atoms with Crippen LogP contribution >= 0.6 is 0 Å². The summed E-state index contributed by atoms with van der Waals surface area (Å²) in [5, 5.41) is 87.6. The third kappa shape index (κ3) is 47.3. The number of amides is 1. The normalized spacial score (nSPS) is 22.6. The summed E-state index contributed by atoms with van der Waals surface area (Å²) in [7, 11) is 0. The maximum atomic E-state index is 13.4. The third-order valence-electron chi connectivity index (χ3n) is 19.8. The second-order valence-electron chi connectivity index (χ2n) is 28.5. The molecule has 14 heteroatoms. The number of carbonyl (C=O) groups excluding carboxylic acids is 1. The number of hydrogen-bond acceptors (Lipinski definition) is 13. The van der Waals surface area contributed by atoms with Gasteiger partial charge in [0.1, 0.15) is 48.8 Å². The first kappa shape index (κ1) is 88.3. The summed E-state index contributed by atoms with van der Waals surface area (Å²) in [4.78, 5) is 13.4. The Morgan fingerprint density at radius 1 is 0.383 bits per heavy atom. The van der Waals surface area contributed by atoms with Crippen LogP contribution in [0.2, 0.25) is 0 Å². The molecule has 0 aromatic rings. The van der Waals surface area contributed by atoms with E-state index in [4.69, 9.17) is 18.9 Å². The van der Waals surface area contributed by atoms with Crippen LogP contribution in [0.5, 0.6) is 0 Å². The topological polar surface area (TPSA) is 228 Å². The average molecular weight is 1340 g/mol. The van der Waals surface area contributed by atoms with Gasteiger partial charge in [-0.25, -0.2) is 0 Å². The molecule has 0 aliphatic carbocycles. The summed E-state index contributed by atoms with van der Waals surface area (Å²) in [6.45, 7) is 2.85. The average Bonchev–Trinajstić information content (AvgIpc) is 0.794. The summed E-state index contributed by atoms with van der Waals surface area (Å²) in [6, 6.07) is -0.914. The molecule has 2 rings (SSSR count). The van der Waals surface area contributed by atoms with E-state index < -0.39 is 86.8 Å². The fourth-order valence-corrected chi connectivity index (χ4v) is 13.4. The zero-order chi connectivity index (χ0) is 68.0. The summed E-state index contributed by atoms with van der Waals surface area (Å²) in [6.07, 6.45) is 68.0. The van der Waals surface area contributed by atoms with Gasteiger partial charge in [0.2, 0.25) is 5.91 Å².